The summed E-state index contributed by atoms with van der Waals surface area (Å²) in [6.07, 6.45) is 1.72. The number of rotatable bonds is 12. The summed E-state index contributed by atoms with van der Waals surface area (Å²) < 4.78 is 0. The van der Waals surface area contributed by atoms with E-state index >= 15 is 0 Å². The van der Waals surface area contributed by atoms with Gasteiger partial charge in [0.15, 0.2) is 0 Å². The fraction of sp³-hybridized carbons (Fsp3) is 0.840. The summed E-state index contributed by atoms with van der Waals surface area (Å²) in [5.74, 6) is 0.0586. The summed E-state index contributed by atoms with van der Waals surface area (Å²) in [5.41, 5.74) is 0. The summed E-state index contributed by atoms with van der Waals surface area (Å²) in [6.45, 7) is 8.90. The molecule has 0 aromatic rings. The Kier molecular flexibility index (Phi) is 19.5. The van der Waals surface area contributed by atoms with Crippen molar-refractivity contribution in [1.82, 2.24) is 40.9 Å². The lowest BCUT2D eigenvalue weighted by Gasteiger charge is -2.34. The zero-order valence-electron chi connectivity index (χ0n) is 22.7. The van der Waals surface area contributed by atoms with Gasteiger partial charge in [-0.25, -0.2) is 0 Å². The highest BCUT2D eigenvalue weighted by molar-refractivity contribution is 5.76. The van der Waals surface area contributed by atoms with Crippen molar-refractivity contribution < 1.29 is 19.2 Å². The Balaban J connectivity index is 0.0000130. The van der Waals surface area contributed by atoms with E-state index in [0.29, 0.717) is 51.9 Å². The molecule has 1 aliphatic rings. The van der Waals surface area contributed by atoms with Crippen molar-refractivity contribution in [2.45, 2.75) is 33.1 Å². The molecule has 4 amide bonds. The maximum absolute atomic E-state index is 11.9. The molecule has 216 valence electrons. The fourth-order valence-corrected chi connectivity index (χ4v) is 4.01. The molecule has 0 radical (unpaired) electrons. The van der Waals surface area contributed by atoms with Crippen molar-refractivity contribution in [3.63, 3.8) is 0 Å². The van der Waals surface area contributed by atoms with Gasteiger partial charge in [0.2, 0.25) is 23.6 Å². The molecule has 0 aromatic carbocycles. The van der Waals surface area contributed by atoms with Gasteiger partial charge in [0.1, 0.15) is 0 Å². The Morgan fingerprint density at radius 3 is 0.730 bits per heavy atom. The molecular weight excluding hydrogens is 476 g/mol. The molecule has 1 saturated heterocycles. The minimum absolute atomic E-state index is 0. The second-order valence-corrected chi connectivity index (χ2v) is 9.06. The molecule has 1 heterocycles. The fourth-order valence-electron chi connectivity index (χ4n) is 4.01. The first kappa shape index (κ1) is 34.7. The van der Waals surface area contributed by atoms with Crippen LogP contribution in [0, 0.1) is 0 Å². The number of nitrogens with one attached hydrogen (secondary N) is 4. The van der Waals surface area contributed by atoms with Gasteiger partial charge in [0.25, 0.3) is 0 Å². The molecule has 4 N–H and O–H groups in total. The van der Waals surface area contributed by atoms with Gasteiger partial charge in [-0.05, 0) is 0 Å². The molecule has 37 heavy (non-hydrogen) atoms. The van der Waals surface area contributed by atoms with Crippen LogP contribution in [0.25, 0.3) is 0 Å². The van der Waals surface area contributed by atoms with Crippen LogP contribution in [0.2, 0.25) is 0 Å². The Morgan fingerprint density at radius 2 is 0.595 bits per heavy atom. The first-order chi connectivity index (χ1) is 17.3. The third kappa shape index (κ3) is 16.2. The summed E-state index contributed by atoms with van der Waals surface area (Å²) in [7, 11) is 6.59. The maximum Gasteiger partial charge on any atom is 0.221 e. The van der Waals surface area contributed by atoms with E-state index < -0.39 is 0 Å². The molecule has 0 bridgehead atoms. The molecule has 12 heteroatoms. The van der Waals surface area contributed by atoms with Crippen LogP contribution in [0.5, 0.6) is 0 Å². The van der Waals surface area contributed by atoms with E-state index in [4.69, 9.17) is 0 Å². The molecule has 1 fully saturated rings. The third-order valence-corrected chi connectivity index (χ3v) is 6.67. The van der Waals surface area contributed by atoms with Crippen LogP contribution in [-0.2, 0) is 19.2 Å². The van der Waals surface area contributed by atoms with Crippen LogP contribution in [0.3, 0.4) is 0 Å². The van der Waals surface area contributed by atoms with Crippen LogP contribution in [0.15, 0.2) is 0 Å². The standard InChI is InChI=1S/C24H48N8O4.CH4/c1-25-21(33)5-9-29-13-15-30(10-6-22(34)26-2)17-19-32(12-8-24(36)28-4)20-18-31(16-14-29)11-7-23(35)27-3;/h5-20H2,1-4H3,(H,25,33)(H,26,34)(H,27,35)(H,28,36);1H4. The van der Waals surface area contributed by atoms with Gasteiger partial charge in [-0.15, -0.1) is 0 Å². The van der Waals surface area contributed by atoms with Crippen LogP contribution >= 0.6 is 0 Å². The SMILES string of the molecule is C.CNC(=O)CCN1CCN(CCC(=O)NC)CCN(CCC(=O)NC)CCN(CCC(=O)NC)CC1. The normalized spacial score (nSPS) is 17.0. The van der Waals surface area contributed by atoms with E-state index in [1.54, 1.807) is 28.2 Å². The zero-order chi connectivity index (χ0) is 26.8. The monoisotopic (exact) mass is 528 g/mol. The molecule has 0 atom stereocenters. The van der Waals surface area contributed by atoms with Crippen LogP contribution in [0.1, 0.15) is 33.1 Å². The molecule has 0 saturated carbocycles. The largest absolute Gasteiger partial charge is 0.359 e. The van der Waals surface area contributed by atoms with Gasteiger partial charge < -0.3 is 40.9 Å². The van der Waals surface area contributed by atoms with Crippen LogP contribution in [-0.4, -0.2) is 150 Å². The predicted molar refractivity (Wildman–Crippen MR) is 147 cm³/mol. The van der Waals surface area contributed by atoms with Crippen molar-refractivity contribution in [2.24, 2.45) is 0 Å². The predicted octanol–water partition coefficient (Wildman–Crippen LogP) is -1.61. The lowest BCUT2D eigenvalue weighted by atomic mass is 10.2. The van der Waals surface area contributed by atoms with E-state index in [-0.39, 0.29) is 31.1 Å². The van der Waals surface area contributed by atoms with Crippen molar-refractivity contribution in [2.75, 3.05) is 107 Å². The summed E-state index contributed by atoms with van der Waals surface area (Å²) in [5, 5.41) is 10.8. The second kappa shape index (κ2) is 20.7. The van der Waals surface area contributed by atoms with Gasteiger partial charge in [-0.2, -0.15) is 0 Å². The van der Waals surface area contributed by atoms with E-state index in [1.165, 1.54) is 0 Å². The summed E-state index contributed by atoms with van der Waals surface area (Å²) in [6, 6.07) is 0. The van der Waals surface area contributed by atoms with Crippen molar-refractivity contribution in [3.8, 4) is 0 Å². The number of nitrogens with zero attached hydrogens (tertiary/aromatic N) is 4. The van der Waals surface area contributed by atoms with Gasteiger partial charge in [-0.1, -0.05) is 7.43 Å². The van der Waals surface area contributed by atoms with E-state index in [0.717, 1.165) is 52.4 Å². The number of hydrogen-bond acceptors (Lipinski definition) is 8. The third-order valence-electron chi connectivity index (χ3n) is 6.67. The summed E-state index contributed by atoms with van der Waals surface area (Å²) >= 11 is 0. The quantitative estimate of drug-likeness (QED) is 0.238. The van der Waals surface area contributed by atoms with Gasteiger partial charge in [0.05, 0.1) is 0 Å². The van der Waals surface area contributed by atoms with Gasteiger partial charge in [-0.3, -0.25) is 19.2 Å². The average molecular weight is 529 g/mol. The molecule has 0 spiro atoms. The number of carbonyl (C=O) groups is 4. The van der Waals surface area contributed by atoms with Crippen molar-refractivity contribution in [1.29, 1.82) is 0 Å². The van der Waals surface area contributed by atoms with Crippen LogP contribution < -0.4 is 21.3 Å². The number of carbonyl (C=O) groups excluding carboxylic acids is 4. The lowest BCUT2D eigenvalue weighted by Crippen LogP contribution is -2.47. The highest BCUT2D eigenvalue weighted by Gasteiger charge is 2.18. The van der Waals surface area contributed by atoms with Crippen molar-refractivity contribution >= 4 is 23.6 Å². The lowest BCUT2D eigenvalue weighted by molar-refractivity contribution is -0.122. The Bertz CT molecular complexity index is 551. The minimum Gasteiger partial charge on any atom is -0.359 e. The van der Waals surface area contributed by atoms with E-state index in [1.807, 2.05) is 0 Å². The number of hydrogen-bond donors (Lipinski definition) is 4. The first-order valence-corrected chi connectivity index (χ1v) is 13.0. The molecule has 0 aromatic heterocycles. The highest BCUT2D eigenvalue weighted by atomic mass is 16.2. The van der Waals surface area contributed by atoms with Crippen molar-refractivity contribution in [3.05, 3.63) is 0 Å². The average Bonchev–Trinajstić information content (AvgIpc) is 2.89. The van der Waals surface area contributed by atoms with Gasteiger partial charge >= 0.3 is 0 Å². The molecule has 1 aliphatic heterocycles. The van der Waals surface area contributed by atoms with E-state index in [9.17, 15) is 19.2 Å². The Labute approximate surface area is 223 Å². The summed E-state index contributed by atoms with van der Waals surface area (Å²) in [4.78, 5) is 56.6. The Morgan fingerprint density at radius 1 is 0.432 bits per heavy atom. The molecule has 0 unspecified atom stereocenters. The Hall–Kier alpha value is -2.28. The van der Waals surface area contributed by atoms with Crippen LogP contribution in [0.4, 0.5) is 0 Å². The number of amides is 4. The molecule has 1 rings (SSSR count). The molecule has 12 nitrogen and oxygen atoms in total. The topological polar surface area (TPSA) is 129 Å². The highest BCUT2D eigenvalue weighted by Crippen LogP contribution is 2.04. The van der Waals surface area contributed by atoms with Gasteiger partial charge in [0, 0.05) is 132 Å². The van der Waals surface area contributed by atoms with E-state index in [2.05, 4.69) is 40.9 Å². The molecule has 0 aliphatic carbocycles. The zero-order valence-corrected chi connectivity index (χ0v) is 22.7. The molecular formula is C25H52N8O4. The maximum atomic E-state index is 11.9. The second-order valence-electron chi connectivity index (χ2n) is 9.06. The first-order valence-electron chi connectivity index (χ1n) is 13.0. The minimum atomic E-state index is 0. The smallest absolute Gasteiger partial charge is 0.221 e.